The number of nitrogens with two attached hydrogens (primary N) is 1. The Kier molecular flexibility index (Phi) is 4.80. The second kappa shape index (κ2) is 6.58. The molecule has 0 saturated heterocycles. The van der Waals surface area contributed by atoms with Crippen LogP contribution < -0.4 is 10.5 Å². The van der Waals surface area contributed by atoms with Gasteiger partial charge in [0.05, 0.1) is 7.11 Å². The number of benzene rings is 2. The van der Waals surface area contributed by atoms with Gasteiger partial charge in [-0.3, -0.25) is 0 Å². The van der Waals surface area contributed by atoms with E-state index >= 15 is 0 Å². The zero-order valence-electron chi connectivity index (χ0n) is 12.5. The summed E-state index contributed by atoms with van der Waals surface area (Å²) in [5.41, 5.74) is 11.2. The van der Waals surface area contributed by atoms with Gasteiger partial charge in [0.25, 0.3) is 0 Å². The van der Waals surface area contributed by atoms with Gasteiger partial charge in [-0.25, -0.2) is 0 Å². The smallest absolute Gasteiger partial charge is 0.121 e. The van der Waals surface area contributed by atoms with Crippen LogP contribution >= 0.6 is 0 Å². The molecule has 1 atom stereocenters. The maximum absolute atomic E-state index is 6.32. The van der Waals surface area contributed by atoms with E-state index in [2.05, 4.69) is 43.3 Å². The lowest BCUT2D eigenvalue weighted by molar-refractivity contribution is 0.411. The van der Waals surface area contributed by atoms with Crippen molar-refractivity contribution >= 4 is 0 Å². The molecule has 0 aromatic heterocycles. The molecule has 2 rings (SSSR count). The zero-order chi connectivity index (χ0) is 14.5. The van der Waals surface area contributed by atoms with Crippen molar-refractivity contribution in [1.29, 1.82) is 0 Å². The molecule has 0 spiro atoms. The van der Waals surface area contributed by atoms with Crippen LogP contribution in [0.3, 0.4) is 0 Å². The van der Waals surface area contributed by atoms with Gasteiger partial charge in [0, 0.05) is 6.04 Å². The number of aryl methyl sites for hydroxylation is 2. The van der Waals surface area contributed by atoms with Gasteiger partial charge in [0.15, 0.2) is 0 Å². The van der Waals surface area contributed by atoms with E-state index < -0.39 is 0 Å². The van der Waals surface area contributed by atoms with E-state index in [0.717, 1.165) is 29.7 Å². The van der Waals surface area contributed by atoms with Crippen LogP contribution in [-0.4, -0.2) is 7.11 Å². The third kappa shape index (κ3) is 3.40. The third-order valence-electron chi connectivity index (χ3n) is 3.73. The second-order valence-electron chi connectivity index (χ2n) is 5.21. The lowest BCUT2D eigenvalue weighted by atomic mass is 9.97. The number of rotatable bonds is 5. The van der Waals surface area contributed by atoms with Crippen LogP contribution in [-0.2, 0) is 12.8 Å². The first-order valence-electron chi connectivity index (χ1n) is 7.12. The Morgan fingerprint density at radius 3 is 2.25 bits per heavy atom. The summed E-state index contributed by atoms with van der Waals surface area (Å²) in [6, 6.07) is 14.9. The first-order chi connectivity index (χ1) is 9.63. The van der Waals surface area contributed by atoms with Crippen LogP contribution in [0.25, 0.3) is 0 Å². The van der Waals surface area contributed by atoms with Crippen molar-refractivity contribution in [3.63, 3.8) is 0 Å². The van der Waals surface area contributed by atoms with Crippen molar-refractivity contribution in [1.82, 2.24) is 0 Å². The molecule has 0 aliphatic carbocycles. The van der Waals surface area contributed by atoms with Gasteiger partial charge in [0.1, 0.15) is 5.75 Å². The number of ether oxygens (including phenoxy) is 1. The largest absolute Gasteiger partial charge is 0.496 e. The van der Waals surface area contributed by atoms with Crippen molar-refractivity contribution in [3.05, 3.63) is 64.7 Å². The van der Waals surface area contributed by atoms with Crippen LogP contribution in [0.15, 0.2) is 42.5 Å². The molecule has 2 heteroatoms. The maximum atomic E-state index is 6.32. The number of hydrogen-bond donors (Lipinski definition) is 1. The van der Waals surface area contributed by atoms with Crippen molar-refractivity contribution in [2.24, 2.45) is 5.73 Å². The fourth-order valence-corrected chi connectivity index (χ4v) is 2.42. The standard InChI is InChI=1S/C18H23NO/c1-4-14-5-7-15(8-6-14)12-17(19)16-9-10-18(20-3)13(2)11-16/h5-11,17H,4,12,19H2,1-3H3. The Morgan fingerprint density at radius 1 is 1.05 bits per heavy atom. The van der Waals surface area contributed by atoms with E-state index in [1.807, 2.05) is 13.0 Å². The highest BCUT2D eigenvalue weighted by atomic mass is 16.5. The lowest BCUT2D eigenvalue weighted by Crippen LogP contribution is -2.13. The molecule has 0 aliphatic heterocycles. The molecule has 0 radical (unpaired) electrons. The van der Waals surface area contributed by atoms with E-state index in [1.165, 1.54) is 11.1 Å². The van der Waals surface area contributed by atoms with Crippen LogP contribution in [0.5, 0.6) is 5.75 Å². The molecule has 0 saturated carbocycles. The first kappa shape index (κ1) is 14.6. The zero-order valence-corrected chi connectivity index (χ0v) is 12.5. The fraction of sp³-hybridized carbons (Fsp3) is 0.333. The van der Waals surface area contributed by atoms with E-state index in [4.69, 9.17) is 10.5 Å². The summed E-state index contributed by atoms with van der Waals surface area (Å²) < 4.78 is 5.28. The van der Waals surface area contributed by atoms with Crippen molar-refractivity contribution in [2.75, 3.05) is 7.11 Å². The maximum Gasteiger partial charge on any atom is 0.121 e. The summed E-state index contributed by atoms with van der Waals surface area (Å²) in [7, 11) is 1.69. The summed E-state index contributed by atoms with van der Waals surface area (Å²) in [5.74, 6) is 0.910. The summed E-state index contributed by atoms with van der Waals surface area (Å²) in [6.45, 7) is 4.21. The molecule has 1 unspecified atom stereocenters. The van der Waals surface area contributed by atoms with Gasteiger partial charge < -0.3 is 10.5 Å². The van der Waals surface area contributed by atoms with E-state index in [-0.39, 0.29) is 6.04 Å². The molecule has 20 heavy (non-hydrogen) atoms. The average molecular weight is 269 g/mol. The van der Waals surface area contributed by atoms with Crippen LogP contribution in [0.2, 0.25) is 0 Å². The minimum absolute atomic E-state index is 0.0204. The van der Waals surface area contributed by atoms with Crippen LogP contribution in [0.4, 0.5) is 0 Å². The normalized spacial score (nSPS) is 12.2. The van der Waals surface area contributed by atoms with Crippen molar-refractivity contribution < 1.29 is 4.74 Å². The highest BCUT2D eigenvalue weighted by Crippen LogP contribution is 2.23. The van der Waals surface area contributed by atoms with Gasteiger partial charge in [-0.15, -0.1) is 0 Å². The Labute approximate surface area is 121 Å². The summed E-state index contributed by atoms with van der Waals surface area (Å²) >= 11 is 0. The Bertz CT molecular complexity index is 560. The van der Waals surface area contributed by atoms with E-state index in [0.29, 0.717) is 0 Å². The summed E-state index contributed by atoms with van der Waals surface area (Å²) in [6.07, 6.45) is 1.93. The average Bonchev–Trinajstić information content (AvgIpc) is 2.48. The monoisotopic (exact) mass is 269 g/mol. The summed E-state index contributed by atoms with van der Waals surface area (Å²) in [4.78, 5) is 0. The Balaban J connectivity index is 2.10. The van der Waals surface area contributed by atoms with Gasteiger partial charge in [-0.1, -0.05) is 43.3 Å². The second-order valence-corrected chi connectivity index (χ2v) is 5.21. The predicted molar refractivity (Wildman–Crippen MR) is 84.2 cm³/mol. The fourth-order valence-electron chi connectivity index (χ4n) is 2.42. The first-order valence-corrected chi connectivity index (χ1v) is 7.12. The topological polar surface area (TPSA) is 35.2 Å². The quantitative estimate of drug-likeness (QED) is 0.896. The SMILES string of the molecule is CCc1ccc(CC(N)c2ccc(OC)c(C)c2)cc1. The molecular formula is C18H23NO. The lowest BCUT2D eigenvalue weighted by Gasteiger charge is -2.14. The molecule has 0 heterocycles. The van der Waals surface area contributed by atoms with Crippen molar-refractivity contribution in [2.45, 2.75) is 32.7 Å². The highest BCUT2D eigenvalue weighted by Gasteiger charge is 2.09. The van der Waals surface area contributed by atoms with E-state index in [1.54, 1.807) is 7.11 Å². The van der Waals surface area contributed by atoms with Gasteiger partial charge in [-0.2, -0.15) is 0 Å². The van der Waals surface area contributed by atoms with E-state index in [9.17, 15) is 0 Å². The predicted octanol–water partition coefficient (Wildman–Crippen LogP) is 3.81. The minimum Gasteiger partial charge on any atom is -0.496 e. The van der Waals surface area contributed by atoms with Gasteiger partial charge >= 0.3 is 0 Å². The Hall–Kier alpha value is -1.80. The van der Waals surface area contributed by atoms with Crippen LogP contribution in [0, 0.1) is 6.92 Å². The van der Waals surface area contributed by atoms with Gasteiger partial charge in [-0.05, 0) is 48.1 Å². The van der Waals surface area contributed by atoms with Gasteiger partial charge in [0.2, 0.25) is 0 Å². The van der Waals surface area contributed by atoms with Crippen molar-refractivity contribution in [3.8, 4) is 5.75 Å². The highest BCUT2D eigenvalue weighted by molar-refractivity contribution is 5.38. The van der Waals surface area contributed by atoms with Crippen LogP contribution in [0.1, 0.15) is 35.2 Å². The molecule has 106 valence electrons. The molecule has 0 bridgehead atoms. The molecule has 2 nitrogen and oxygen atoms in total. The molecule has 2 N–H and O–H groups in total. The Morgan fingerprint density at radius 2 is 1.70 bits per heavy atom. The molecule has 0 aliphatic rings. The molecule has 0 fully saturated rings. The third-order valence-corrected chi connectivity index (χ3v) is 3.73. The molecule has 2 aromatic rings. The number of hydrogen-bond acceptors (Lipinski definition) is 2. The molecule has 0 amide bonds. The molecule has 2 aromatic carbocycles. The minimum atomic E-state index is 0.0204. The molecular weight excluding hydrogens is 246 g/mol. The number of methoxy groups -OCH3 is 1. The summed E-state index contributed by atoms with van der Waals surface area (Å²) in [5, 5.41) is 0.